The summed E-state index contributed by atoms with van der Waals surface area (Å²) in [7, 11) is -3.82. The molecular formula is C4H8NaO3S+. The van der Waals surface area contributed by atoms with E-state index < -0.39 is 10.1 Å². The van der Waals surface area contributed by atoms with Gasteiger partial charge >= 0.3 is 29.6 Å². The molecule has 0 aliphatic heterocycles. The quantitative estimate of drug-likeness (QED) is 0.274. The Balaban J connectivity index is 0. The predicted molar refractivity (Wildman–Crippen MR) is 31.2 cm³/mol. The molecule has 5 heteroatoms. The zero-order valence-electron chi connectivity index (χ0n) is 5.59. The van der Waals surface area contributed by atoms with Crippen LogP contribution in [-0.2, 0) is 10.1 Å². The maximum Gasteiger partial charge on any atom is 1.00 e. The summed E-state index contributed by atoms with van der Waals surface area (Å²) >= 11 is 0. The molecule has 0 saturated heterocycles. The van der Waals surface area contributed by atoms with Crippen LogP contribution in [0.3, 0.4) is 0 Å². The first-order valence-corrected chi connectivity index (χ1v) is 3.62. The van der Waals surface area contributed by atoms with Crippen molar-refractivity contribution in [2.24, 2.45) is 0 Å². The van der Waals surface area contributed by atoms with E-state index in [1.165, 1.54) is 6.92 Å². The molecule has 0 heterocycles. The Morgan fingerprint density at radius 3 is 2.00 bits per heavy atom. The van der Waals surface area contributed by atoms with Crippen molar-refractivity contribution in [3.8, 4) is 0 Å². The molecule has 1 N–H and O–H groups in total. The average Bonchev–Trinajstić information content (AvgIpc) is 1.21. The van der Waals surface area contributed by atoms with Gasteiger partial charge in [-0.25, -0.2) is 0 Å². The van der Waals surface area contributed by atoms with E-state index in [0.717, 1.165) is 0 Å². The molecule has 0 aromatic rings. The molecule has 0 amide bonds. The minimum atomic E-state index is -3.82. The van der Waals surface area contributed by atoms with Crippen LogP contribution in [0, 0.1) is 0 Å². The standard InChI is InChI=1S/C4H8O3S.Na/c1-4(2)3-8(5,6)7;/h1,3H2,2H3,(H,5,6,7);/q;+1. The average molecular weight is 159 g/mol. The molecule has 0 spiro atoms. The SMILES string of the molecule is C=C(C)CS(=O)(=O)O.[Na+]. The number of rotatable bonds is 2. The summed E-state index contributed by atoms with van der Waals surface area (Å²) in [5.74, 6) is -0.340. The second kappa shape index (κ2) is 4.46. The van der Waals surface area contributed by atoms with Gasteiger partial charge in [-0.2, -0.15) is 8.42 Å². The Bertz CT molecular complexity index is 182. The van der Waals surface area contributed by atoms with Crippen molar-refractivity contribution < 1.29 is 42.5 Å². The van der Waals surface area contributed by atoms with Gasteiger partial charge in [0.1, 0.15) is 0 Å². The van der Waals surface area contributed by atoms with Gasteiger partial charge in [0.2, 0.25) is 0 Å². The van der Waals surface area contributed by atoms with Crippen molar-refractivity contribution in [2.45, 2.75) is 6.92 Å². The third-order valence-electron chi connectivity index (χ3n) is 0.429. The van der Waals surface area contributed by atoms with Crippen LogP contribution in [0.5, 0.6) is 0 Å². The van der Waals surface area contributed by atoms with Gasteiger partial charge in [-0.1, -0.05) is 12.2 Å². The maximum atomic E-state index is 9.94. The van der Waals surface area contributed by atoms with E-state index in [2.05, 4.69) is 6.58 Å². The van der Waals surface area contributed by atoms with E-state index in [1.807, 2.05) is 0 Å². The van der Waals surface area contributed by atoms with Gasteiger partial charge in [0.15, 0.2) is 0 Å². The minimum Gasteiger partial charge on any atom is -0.285 e. The van der Waals surface area contributed by atoms with Gasteiger partial charge < -0.3 is 0 Å². The van der Waals surface area contributed by atoms with Crippen molar-refractivity contribution in [1.29, 1.82) is 0 Å². The second-order valence-electron chi connectivity index (χ2n) is 1.68. The van der Waals surface area contributed by atoms with E-state index in [1.54, 1.807) is 0 Å². The van der Waals surface area contributed by atoms with Crippen LogP contribution in [0.15, 0.2) is 12.2 Å². The van der Waals surface area contributed by atoms with Gasteiger partial charge in [0.05, 0.1) is 5.75 Å². The Labute approximate surface area is 77.2 Å². The molecule has 0 saturated carbocycles. The fourth-order valence-electron chi connectivity index (χ4n) is 0.311. The van der Waals surface area contributed by atoms with Crippen LogP contribution < -0.4 is 29.6 Å². The summed E-state index contributed by atoms with van der Waals surface area (Å²) in [6.07, 6.45) is 0. The van der Waals surface area contributed by atoms with Crippen molar-refractivity contribution in [3.63, 3.8) is 0 Å². The van der Waals surface area contributed by atoms with Crippen LogP contribution >= 0.6 is 0 Å². The van der Waals surface area contributed by atoms with E-state index in [-0.39, 0.29) is 35.3 Å². The fourth-order valence-corrected chi connectivity index (χ4v) is 0.934. The predicted octanol–water partition coefficient (Wildman–Crippen LogP) is -2.55. The van der Waals surface area contributed by atoms with Crippen molar-refractivity contribution >= 4 is 10.1 Å². The molecule has 0 fully saturated rings. The molecule has 48 valence electrons. The second-order valence-corrected chi connectivity index (χ2v) is 3.14. The molecule has 0 aromatic heterocycles. The molecule has 0 rings (SSSR count). The number of hydrogen-bond donors (Lipinski definition) is 1. The molecule has 0 bridgehead atoms. The first-order chi connectivity index (χ1) is 3.42. The van der Waals surface area contributed by atoms with Gasteiger partial charge in [0, 0.05) is 0 Å². The molecule has 0 aromatic carbocycles. The zero-order chi connectivity index (χ0) is 6.78. The molecule has 0 unspecified atom stereocenters. The van der Waals surface area contributed by atoms with Crippen molar-refractivity contribution in [1.82, 2.24) is 0 Å². The first kappa shape index (κ1) is 12.3. The fraction of sp³-hybridized carbons (Fsp3) is 0.500. The van der Waals surface area contributed by atoms with Gasteiger partial charge in [-0.3, -0.25) is 4.55 Å². The summed E-state index contributed by atoms with van der Waals surface area (Å²) in [6.45, 7) is 4.84. The minimum absolute atomic E-state index is 0. The molecular weight excluding hydrogens is 151 g/mol. The molecule has 0 atom stereocenters. The largest absolute Gasteiger partial charge is 1.00 e. The zero-order valence-corrected chi connectivity index (χ0v) is 8.40. The van der Waals surface area contributed by atoms with Crippen LogP contribution in [0.4, 0.5) is 0 Å². The third kappa shape index (κ3) is 12.0. The summed E-state index contributed by atoms with van der Waals surface area (Å²) in [4.78, 5) is 0. The van der Waals surface area contributed by atoms with Gasteiger partial charge in [-0.15, -0.1) is 0 Å². The summed E-state index contributed by atoms with van der Waals surface area (Å²) < 4.78 is 28.0. The van der Waals surface area contributed by atoms with E-state index in [9.17, 15) is 8.42 Å². The van der Waals surface area contributed by atoms with Crippen LogP contribution in [0.1, 0.15) is 6.92 Å². The van der Waals surface area contributed by atoms with E-state index in [0.29, 0.717) is 5.57 Å². The Morgan fingerprint density at radius 2 is 2.00 bits per heavy atom. The maximum absolute atomic E-state index is 9.94. The molecule has 0 aliphatic rings. The third-order valence-corrected chi connectivity index (χ3v) is 1.29. The van der Waals surface area contributed by atoms with E-state index >= 15 is 0 Å². The Hall–Kier alpha value is 0.650. The van der Waals surface area contributed by atoms with Gasteiger partial charge in [-0.05, 0) is 6.92 Å². The monoisotopic (exact) mass is 159 g/mol. The summed E-state index contributed by atoms with van der Waals surface area (Å²) in [6, 6.07) is 0. The van der Waals surface area contributed by atoms with Gasteiger partial charge in [0.25, 0.3) is 10.1 Å². The molecule has 0 aliphatic carbocycles. The molecule has 3 nitrogen and oxygen atoms in total. The Morgan fingerprint density at radius 1 is 1.67 bits per heavy atom. The van der Waals surface area contributed by atoms with Crippen molar-refractivity contribution in [3.05, 3.63) is 12.2 Å². The smallest absolute Gasteiger partial charge is 0.285 e. The topological polar surface area (TPSA) is 54.4 Å². The molecule has 9 heavy (non-hydrogen) atoms. The number of hydrogen-bond acceptors (Lipinski definition) is 2. The van der Waals surface area contributed by atoms with Crippen LogP contribution in [0.2, 0.25) is 0 Å². The normalized spacial score (nSPS) is 10.0. The van der Waals surface area contributed by atoms with Crippen LogP contribution in [-0.4, -0.2) is 18.7 Å². The van der Waals surface area contributed by atoms with E-state index in [4.69, 9.17) is 4.55 Å². The summed E-state index contributed by atoms with van der Waals surface area (Å²) in [5, 5.41) is 0. The van der Waals surface area contributed by atoms with Crippen LogP contribution in [0.25, 0.3) is 0 Å². The van der Waals surface area contributed by atoms with Crippen molar-refractivity contribution in [2.75, 3.05) is 5.75 Å². The molecule has 0 radical (unpaired) electrons. The summed E-state index contributed by atoms with van der Waals surface area (Å²) in [5.41, 5.74) is 0.438. The Kier molecular flexibility index (Phi) is 6.12. The first-order valence-electron chi connectivity index (χ1n) is 2.01.